The first-order valence-electron chi connectivity index (χ1n) is 6.33. The van der Waals surface area contributed by atoms with Gasteiger partial charge in [0.25, 0.3) is 0 Å². The molecule has 0 fully saturated rings. The van der Waals surface area contributed by atoms with Crippen molar-refractivity contribution in [1.29, 1.82) is 0 Å². The Bertz CT molecular complexity index is 785. The minimum absolute atomic E-state index is 0.244. The number of carbonyl (C=O) groups excluding carboxylic acids is 1. The number of Topliss-reactive ketones (excluding diaryl/α,β-unsaturated/α-hetero) is 1. The van der Waals surface area contributed by atoms with E-state index in [9.17, 15) is 4.79 Å². The van der Waals surface area contributed by atoms with Crippen LogP contribution in [0.25, 0.3) is 11.0 Å². The third-order valence-corrected chi connectivity index (χ3v) is 3.28. The monoisotopic (exact) mass is 269 g/mol. The van der Waals surface area contributed by atoms with E-state index in [-0.39, 0.29) is 11.5 Å². The van der Waals surface area contributed by atoms with E-state index < -0.39 is 6.04 Å². The standard InChI is InChI=1S/C15H15N3O2/c1-9-3-4-12-10(5-9)6-13(20-12)15(19)14(16)11-7-17-18(2)8-11/h3-8,14H,16H2,1-2H3. The van der Waals surface area contributed by atoms with Gasteiger partial charge in [-0.2, -0.15) is 5.10 Å². The van der Waals surface area contributed by atoms with Gasteiger partial charge in [-0.15, -0.1) is 0 Å². The number of furan rings is 1. The lowest BCUT2D eigenvalue weighted by Crippen LogP contribution is -2.20. The number of nitrogens with two attached hydrogens (primary N) is 1. The molecule has 0 aliphatic rings. The summed E-state index contributed by atoms with van der Waals surface area (Å²) in [7, 11) is 1.78. The molecule has 1 atom stereocenters. The maximum absolute atomic E-state index is 12.4. The van der Waals surface area contributed by atoms with Crippen LogP contribution >= 0.6 is 0 Å². The number of hydrogen-bond donors (Lipinski definition) is 1. The van der Waals surface area contributed by atoms with Crippen molar-refractivity contribution in [2.45, 2.75) is 13.0 Å². The second-order valence-corrected chi connectivity index (χ2v) is 4.94. The molecule has 1 aromatic carbocycles. The summed E-state index contributed by atoms with van der Waals surface area (Å²) in [6.07, 6.45) is 3.32. The molecule has 20 heavy (non-hydrogen) atoms. The third-order valence-electron chi connectivity index (χ3n) is 3.28. The molecule has 0 spiro atoms. The second-order valence-electron chi connectivity index (χ2n) is 4.94. The van der Waals surface area contributed by atoms with Crippen molar-refractivity contribution >= 4 is 16.8 Å². The molecule has 2 aromatic heterocycles. The first-order chi connectivity index (χ1) is 9.54. The van der Waals surface area contributed by atoms with E-state index in [1.807, 2.05) is 25.1 Å². The van der Waals surface area contributed by atoms with Gasteiger partial charge in [0.05, 0.1) is 6.20 Å². The van der Waals surface area contributed by atoms with Crippen molar-refractivity contribution in [3.05, 3.63) is 53.5 Å². The van der Waals surface area contributed by atoms with Crippen LogP contribution in [-0.2, 0) is 7.05 Å². The van der Waals surface area contributed by atoms with Crippen LogP contribution in [0.2, 0.25) is 0 Å². The van der Waals surface area contributed by atoms with E-state index in [1.165, 1.54) is 0 Å². The molecule has 0 amide bonds. The quantitative estimate of drug-likeness (QED) is 0.741. The number of aryl methyl sites for hydroxylation is 2. The minimum atomic E-state index is -0.759. The van der Waals surface area contributed by atoms with Gasteiger partial charge in [0.1, 0.15) is 11.6 Å². The molecule has 102 valence electrons. The molecule has 3 rings (SSSR count). The van der Waals surface area contributed by atoms with Crippen LogP contribution in [0.1, 0.15) is 27.7 Å². The molecular weight excluding hydrogens is 254 g/mol. The Morgan fingerprint density at radius 3 is 2.90 bits per heavy atom. The average molecular weight is 269 g/mol. The fourth-order valence-corrected chi connectivity index (χ4v) is 2.19. The molecule has 5 nitrogen and oxygen atoms in total. The van der Waals surface area contributed by atoms with E-state index in [0.717, 1.165) is 10.9 Å². The third kappa shape index (κ3) is 2.12. The minimum Gasteiger partial charge on any atom is -0.453 e. The van der Waals surface area contributed by atoms with Gasteiger partial charge in [0.15, 0.2) is 5.76 Å². The maximum atomic E-state index is 12.4. The molecule has 2 N–H and O–H groups in total. The van der Waals surface area contributed by atoms with Crippen molar-refractivity contribution in [2.75, 3.05) is 0 Å². The lowest BCUT2D eigenvalue weighted by atomic mass is 10.1. The van der Waals surface area contributed by atoms with Crippen LogP contribution in [0.4, 0.5) is 0 Å². The summed E-state index contributed by atoms with van der Waals surface area (Å²) in [6, 6.07) is 6.76. The Labute approximate surface area is 116 Å². The Balaban J connectivity index is 1.95. The summed E-state index contributed by atoms with van der Waals surface area (Å²) in [5.74, 6) is 0.0359. The molecule has 0 saturated carbocycles. The molecule has 3 aromatic rings. The van der Waals surface area contributed by atoms with Gasteiger partial charge in [-0.05, 0) is 25.1 Å². The lowest BCUT2D eigenvalue weighted by Gasteiger charge is -2.05. The normalized spacial score (nSPS) is 12.8. The maximum Gasteiger partial charge on any atom is 0.219 e. The Morgan fingerprint density at radius 1 is 1.40 bits per heavy atom. The number of ketones is 1. The van der Waals surface area contributed by atoms with Gasteiger partial charge in [0, 0.05) is 24.2 Å². The zero-order valence-corrected chi connectivity index (χ0v) is 11.3. The average Bonchev–Trinajstić information content (AvgIpc) is 3.02. The van der Waals surface area contributed by atoms with Crippen LogP contribution in [0, 0.1) is 6.92 Å². The summed E-state index contributed by atoms with van der Waals surface area (Å²) >= 11 is 0. The summed E-state index contributed by atoms with van der Waals surface area (Å²) in [5.41, 5.74) is 8.46. The first kappa shape index (κ1) is 12.6. The number of carbonyl (C=O) groups is 1. The van der Waals surface area contributed by atoms with Crippen molar-refractivity contribution in [3.63, 3.8) is 0 Å². The fraction of sp³-hybridized carbons (Fsp3) is 0.200. The zero-order valence-electron chi connectivity index (χ0n) is 11.3. The Hall–Kier alpha value is -2.40. The Morgan fingerprint density at radius 2 is 2.20 bits per heavy atom. The number of benzene rings is 1. The van der Waals surface area contributed by atoms with Crippen molar-refractivity contribution in [2.24, 2.45) is 12.8 Å². The molecule has 0 aliphatic heterocycles. The molecule has 5 heteroatoms. The van der Waals surface area contributed by atoms with Crippen LogP contribution in [0.5, 0.6) is 0 Å². The highest BCUT2D eigenvalue weighted by Crippen LogP contribution is 2.24. The van der Waals surface area contributed by atoms with Crippen molar-refractivity contribution < 1.29 is 9.21 Å². The van der Waals surface area contributed by atoms with Gasteiger partial charge in [-0.3, -0.25) is 9.48 Å². The number of aromatic nitrogens is 2. The van der Waals surface area contributed by atoms with Crippen LogP contribution < -0.4 is 5.73 Å². The zero-order chi connectivity index (χ0) is 14.3. The highest BCUT2D eigenvalue weighted by atomic mass is 16.3. The number of rotatable bonds is 3. The van der Waals surface area contributed by atoms with Gasteiger partial charge in [-0.25, -0.2) is 0 Å². The molecule has 0 saturated heterocycles. The number of nitrogens with zero attached hydrogens (tertiary/aromatic N) is 2. The smallest absolute Gasteiger partial charge is 0.219 e. The molecular formula is C15H15N3O2. The van der Waals surface area contributed by atoms with Gasteiger partial charge in [0.2, 0.25) is 5.78 Å². The largest absolute Gasteiger partial charge is 0.453 e. The SMILES string of the molecule is Cc1ccc2oc(C(=O)C(N)c3cnn(C)c3)cc2c1. The topological polar surface area (TPSA) is 74.1 Å². The fourth-order valence-electron chi connectivity index (χ4n) is 2.19. The van der Waals surface area contributed by atoms with E-state index >= 15 is 0 Å². The highest BCUT2D eigenvalue weighted by molar-refractivity contribution is 6.01. The Kier molecular flexibility index (Phi) is 2.91. The van der Waals surface area contributed by atoms with E-state index in [0.29, 0.717) is 11.1 Å². The predicted molar refractivity (Wildman–Crippen MR) is 75.4 cm³/mol. The summed E-state index contributed by atoms with van der Waals surface area (Å²) in [5, 5.41) is 4.93. The molecule has 0 radical (unpaired) electrons. The molecule has 2 heterocycles. The van der Waals surface area contributed by atoms with Crippen LogP contribution in [0.3, 0.4) is 0 Å². The van der Waals surface area contributed by atoms with Crippen LogP contribution in [-0.4, -0.2) is 15.6 Å². The van der Waals surface area contributed by atoms with Crippen molar-refractivity contribution in [1.82, 2.24) is 9.78 Å². The molecule has 0 bridgehead atoms. The lowest BCUT2D eigenvalue weighted by molar-refractivity contribution is 0.0936. The first-order valence-corrected chi connectivity index (χ1v) is 6.33. The summed E-state index contributed by atoms with van der Waals surface area (Å²) in [4.78, 5) is 12.4. The summed E-state index contributed by atoms with van der Waals surface area (Å²) in [6.45, 7) is 2.00. The summed E-state index contributed by atoms with van der Waals surface area (Å²) < 4.78 is 7.19. The number of hydrogen-bond acceptors (Lipinski definition) is 4. The van der Waals surface area contributed by atoms with Gasteiger partial charge in [-0.1, -0.05) is 11.6 Å². The van der Waals surface area contributed by atoms with Gasteiger partial charge >= 0.3 is 0 Å². The van der Waals surface area contributed by atoms with E-state index in [2.05, 4.69) is 5.10 Å². The van der Waals surface area contributed by atoms with E-state index in [4.69, 9.17) is 10.2 Å². The van der Waals surface area contributed by atoms with Gasteiger partial charge < -0.3 is 10.2 Å². The van der Waals surface area contributed by atoms with Crippen LogP contribution in [0.15, 0.2) is 41.1 Å². The predicted octanol–water partition coefficient (Wildman–Crippen LogP) is 2.36. The highest BCUT2D eigenvalue weighted by Gasteiger charge is 2.22. The van der Waals surface area contributed by atoms with Crippen molar-refractivity contribution in [3.8, 4) is 0 Å². The second kappa shape index (κ2) is 4.61. The number of fused-ring (bicyclic) bond motifs is 1. The molecule has 0 aliphatic carbocycles. The molecule has 1 unspecified atom stereocenters. The van der Waals surface area contributed by atoms with E-state index in [1.54, 1.807) is 30.2 Å².